The Labute approximate surface area is 296 Å². The molecule has 50 heavy (non-hydrogen) atoms. The summed E-state index contributed by atoms with van der Waals surface area (Å²) in [5, 5.41) is 33.6. The van der Waals surface area contributed by atoms with E-state index in [9.17, 15) is 34.2 Å². The molecular formula is C36H50N4O9S. The normalized spacial score (nSPS) is 13.2. The molecule has 0 saturated heterocycles. The van der Waals surface area contributed by atoms with Gasteiger partial charge in [-0.2, -0.15) is 11.8 Å². The summed E-state index contributed by atoms with van der Waals surface area (Å²) < 4.78 is 5.15. The summed E-state index contributed by atoms with van der Waals surface area (Å²) in [6.07, 6.45) is 7.65. The summed E-state index contributed by atoms with van der Waals surface area (Å²) in [5.74, 6) is -2.02. The van der Waals surface area contributed by atoms with Crippen molar-refractivity contribution in [3.05, 3.63) is 59.8 Å². The Morgan fingerprint density at radius 1 is 1.04 bits per heavy atom. The summed E-state index contributed by atoms with van der Waals surface area (Å²) in [6, 6.07) is 9.71. The molecule has 14 heteroatoms. The molecule has 2 amide bonds. The molecule has 0 aliphatic carbocycles. The van der Waals surface area contributed by atoms with Crippen LogP contribution < -0.4 is 21.1 Å². The second-order valence-corrected chi connectivity index (χ2v) is 13.2. The van der Waals surface area contributed by atoms with Crippen LogP contribution in [0.2, 0.25) is 0 Å². The highest BCUT2D eigenvalue weighted by Crippen LogP contribution is 2.28. The number of hydrogen-bond acceptors (Lipinski definition) is 9. The number of fused-ring (bicyclic) bond motifs is 1. The maximum absolute atomic E-state index is 13.2. The number of carbonyl (C=O) groups is 5. The van der Waals surface area contributed by atoms with Crippen LogP contribution in [0.4, 0.5) is 0 Å². The third-order valence-electron chi connectivity index (χ3n) is 8.08. The molecule has 0 saturated carbocycles. The smallest absolute Gasteiger partial charge is 0.326 e. The maximum Gasteiger partial charge on any atom is 0.326 e. The first-order chi connectivity index (χ1) is 23.9. The zero-order valence-electron chi connectivity index (χ0n) is 28.9. The molecule has 0 radical (unpaired) electrons. The number of carboxylic acid groups (broad SMARTS) is 2. The lowest BCUT2D eigenvalue weighted by Gasteiger charge is -2.22. The largest absolute Gasteiger partial charge is 0.504 e. The molecule has 8 N–H and O–H groups in total. The van der Waals surface area contributed by atoms with Gasteiger partial charge in [0.25, 0.3) is 0 Å². The number of aromatic amines is 1. The van der Waals surface area contributed by atoms with Gasteiger partial charge < -0.3 is 41.4 Å². The van der Waals surface area contributed by atoms with Gasteiger partial charge in [0.1, 0.15) is 23.9 Å². The first-order valence-corrected chi connectivity index (χ1v) is 17.7. The molecule has 4 atom stereocenters. The number of aromatic nitrogens is 1. The zero-order chi connectivity index (χ0) is 37.1. The molecule has 0 spiro atoms. The summed E-state index contributed by atoms with van der Waals surface area (Å²) in [4.78, 5) is 62.4. The Bertz CT molecular complexity index is 1550. The van der Waals surface area contributed by atoms with Crippen LogP contribution in [0.25, 0.3) is 10.9 Å². The Hall–Kier alpha value is -4.56. The number of nitrogens with one attached hydrogen (secondary N) is 3. The Morgan fingerprint density at radius 3 is 2.40 bits per heavy atom. The van der Waals surface area contributed by atoms with Gasteiger partial charge in [-0.25, -0.2) is 4.79 Å². The van der Waals surface area contributed by atoms with Gasteiger partial charge in [-0.05, 0) is 48.6 Å². The standard InChI is InChI=1S/C32H41N3O7S.C4H9NO2/c1-3-4-5-8-24(17-23(37)13-11-21-12-14-29(38)30(15-21)42-2)43-19-28(34-20-36)31(39)35-27(32(40)41)16-22-18-33-26-10-7-6-9-25(22)26;1-2-3(5)4(6)7/h6-7,9-10,12,14-15,18,20,24,27-28,33,38H,3-5,8,11,13,16-17,19H2,1-2H3,(H,34,36)(H,35,39)(H,40,41);3H,2,5H2,1H3,(H,6,7). The van der Waals surface area contributed by atoms with Gasteiger partial charge in [0.15, 0.2) is 11.5 Å². The number of ether oxygens (including phenoxy) is 1. The number of carbonyl (C=O) groups excluding carboxylic acids is 3. The zero-order valence-corrected chi connectivity index (χ0v) is 29.7. The number of unbranched alkanes of at least 4 members (excludes halogenated alkanes) is 2. The predicted octanol–water partition coefficient (Wildman–Crippen LogP) is 4.19. The van der Waals surface area contributed by atoms with Crippen LogP contribution in [0.15, 0.2) is 48.7 Å². The van der Waals surface area contributed by atoms with E-state index in [2.05, 4.69) is 22.5 Å². The minimum Gasteiger partial charge on any atom is -0.504 e. The van der Waals surface area contributed by atoms with Gasteiger partial charge in [0.05, 0.1) is 7.11 Å². The first kappa shape index (κ1) is 41.6. The van der Waals surface area contributed by atoms with E-state index in [1.807, 2.05) is 24.3 Å². The second kappa shape index (κ2) is 22.2. The van der Waals surface area contributed by atoms with Crippen molar-refractivity contribution in [1.29, 1.82) is 0 Å². The number of benzene rings is 2. The number of phenols is 1. The highest BCUT2D eigenvalue weighted by Gasteiger charge is 2.27. The lowest BCUT2D eigenvalue weighted by molar-refractivity contribution is -0.142. The maximum atomic E-state index is 13.2. The fourth-order valence-corrected chi connectivity index (χ4v) is 6.41. The van der Waals surface area contributed by atoms with Gasteiger partial charge in [-0.3, -0.25) is 19.2 Å². The van der Waals surface area contributed by atoms with E-state index >= 15 is 0 Å². The minimum atomic E-state index is -1.19. The van der Waals surface area contributed by atoms with E-state index in [1.165, 1.54) is 18.9 Å². The molecule has 2 aromatic carbocycles. The van der Waals surface area contributed by atoms with E-state index in [0.29, 0.717) is 37.8 Å². The quantitative estimate of drug-likeness (QED) is 0.0578. The number of aryl methyl sites for hydroxylation is 1. The molecule has 274 valence electrons. The van der Waals surface area contributed by atoms with Gasteiger partial charge in [-0.15, -0.1) is 0 Å². The minimum absolute atomic E-state index is 0.0418. The highest BCUT2D eigenvalue weighted by molar-refractivity contribution is 8.00. The number of H-pyrrole nitrogens is 1. The number of thioether (sulfide) groups is 1. The van der Waals surface area contributed by atoms with Crippen LogP contribution in [-0.2, 0) is 36.8 Å². The Balaban J connectivity index is 0.00000112. The van der Waals surface area contributed by atoms with Crippen molar-refractivity contribution in [2.45, 2.75) is 95.0 Å². The number of carboxylic acids is 2. The molecule has 3 aromatic rings. The van der Waals surface area contributed by atoms with Crippen molar-refractivity contribution in [1.82, 2.24) is 15.6 Å². The Morgan fingerprint density at radius 2 is 1.78 bits per heavy atom. The van der Waals surface area contributed by atoms with Crippen LogP contribution in [0.1, 0.15) is 69.9 Å². The fourth-order valence-electron chi connectivity index (χ4n) is 5.06. The number of Topliss-reactive ketones (excluding diaryl/α,β-unsaturated/α-hetero) is 1. The third kappa shape index (κ3) is 14.1. The molecule has 0 aliphatic heterocycles. The van der Waals surface area contributed by atoms with Crippen LogP contribution in [0.5, 0.6) is 11.5 Å². The van der Waals surface area contributed by atoms with Crippen molar-refractivity contribution in [2.24, 2.45) is 5.73 Å². The van der Waals surface area contributed by atoms with Gasteiger partial charge in [-0.1, -0.05) is 57.4 Å². The second-order valence-electron chi connectivity index (χ2n) is 11.9. The molecule has 0 aliphatic rings. The lowest BCUT2D eigenvalue weighted by atomic mass is 10.0. The van der Waals surface area contributed by atoms with Gasteiger partial charge in [0, 0.05) is 47.4 Å². The average molecular weight is 715 g/mol. The van der Waals surface area contributed by atoms with Crippen molar-refractivity contribution >= 4 is 52.7 Å². The number of rotatable bonds is 22. The molecule has 0 fully saturated rings. The molecule has 3 rings (SSSR count). The van der Waals surface area contributed by atoms with Crippen LogP contribution >= 0.6 is 11.8 Å². The van der Waals surface area contributed by atoms with Crippen molar-refractivity contribution < 1.29 is 44.0 Å². The SMILES string of the molecule is CCC(N)C(=O)O.CCCCCC(CC(=O)CCc1ccc(O)c(OC)c1)SCC(NC=O)C(=O)NC(Cc1c[nH]c2ccccc12)C(=O)O. The van der Waals surface area contributed by atoms with Gasteiger partial charge >= 0.3 is 11.9 Å². The summed E-state index contributed by atoms with van der Waals surface area (Å²) in [6.45, 7) is 3.83. The van der Waals surface area contributed by atoms with E-state index in [4.69, 9.17) is 15.6 Å². The number of methoxy groups -OCH3 is 1. The molecule has 4 unspecified atom stereocenters. The number of ketones is 1. The number of para-hydroxylation sites is 1. The predicted molar refractivity (Wildman–Crippen MR) is 193 cm³/mol. The monoisotopic (exact) mass is 714 g/mol. The van der Waals surface area contributed by atoms with Crippen molar-refractivity contribution in [3.8, 4) is 11.5 Å². The fraction of sp³-hybridized carbons (Fsp3) is 0.472. The summed E-state index contributed by atoms with van der Waals surface area (Å²) in [7, 11) is 1.47. The van der Waals surface area contributed by atoms with Gasteiger partial charge in [0.2, 0.25) is 12.3 Å². The van der Waals surface area contributed by atoms with E-state index in [-0.39, 0.29) is 29.0 Å². The van der Waals surface area contributed by atoms with Crippen LogP contribution in [-0.4, -0.2) is 86.6 Å². The third-order valence-corrected chi connectivity index (χ3v) is 9.48. The molecule has 0 bridgehead atoms. The number of aromatic hydroxyl groups is 1. The van der Waals surface area contributed by atoms with Crippen molar-refractivity contribution in [2.75, 3.05) is 12.9 Å². The lowest BCUT2D eigenvalue weighted by Crippen LogP contribution is -2.51. The molecule has 13 nitrogen and oxygen atoms in total. The summed E-state index contributed by atoms with van der Waals surface area (Å²) >= 11 is 1.44. The summed E-state index contributed by atoms with van der Waals surface area (Å²) in [5.41, 5.74) is 7.53. The molecule has 1 aromatic heterocycles. The topological polar surface area (TPSA) is 221 Å². The number of aliphatic carboxylic acids is 2. The van der Waals surface area contributed by atoms with Crippen molar-refractivity contribution in [3.63, 3.8) is 0 Å². The van der Waals surface area contributed by atoms with Crippen LogP contribution in [0, 0.1) is 0 Å². The molecule has 1 heterocycles. The van der Waals surface area contributed by atoms with Crippen LogP contribution in [0.3, 0.4) is 0 Å². The van der Waals surface area contributed by atoms with E-state index in [0.717, 1.165) is 47.7 Å². The van der Waals surface area contributed by atoms with E-state index in [1.54, 1.807) is 31.3 Å². The Kier molecular flexibility index (Phi) is 18.5. The number of nitrogens with two attached hydrogens (primary N) is 1. The highest BCUT2D eigenvalue weighted by atomic mass is 32.2. The number of hydrogen-bond donors (Lipinski definition) is 7. The molecular weight excluding hydrogens is 664 g/mol. The number of phenolic OH excluding ortho intramolecular Hbond substituents is 1. The van der Waals surface area contributed by atoms with E-state index < -0.39 is 36.0 Å². The average Bonchev–Trinajstić information content (AvgIpc) is 3.51. The number of amides is 2. The first-order valence-electron chi connectivity index (χ1n) is 16.7.